The maximum Gasteiger partial charge on any atom is 0.306 e. The van der Waals surface area contributed by atoms with Crippen molar-refractivity contribution in [2.24, 2.45) is 29.4 Å². The second kappa shape index (κ2) is 31.3. The third-order valence-electron chi connectivity index (χ3n) is 15.0. The Morgan fingerprint density at radius 1 is 0.896 bits per heavy atom. The highest BCUT2D eigenvalue weighted by molar-refractivity contribution is 7.09. The van der Waals surface area contributed by atoms with Gasteiger partial charge in [-0.25, -0.2) is 4.98 Å². The number of benzene rings is 1. The molecule has 0 bridgehead atoms. The second-order valence-electron chi connectivity index (χ2n) is 21.4. The number of thiazole rings is 1. The molecule has 0 aliphatic carbocycles. The summed E-state index contributed by atoms with van der Waals surface area (Å²) in [5, 5.41) is 17.6. The molecule has 2 aromatic rings. The van der Waals surface area contributed by atoms with Gasteiger partial charge in [-0.05, 0) is 87.9 Å². The van der Waals surface area contributed by atoms with E-state index in [4.69, 9.17) is 10.5 Å². The number of piperidine rings is 1. The number of aliphatic carboxylic acids is 1. The Hall–Kier alpha value is -6.15. The third-order valence-corrected chi connectivity index (χ3v) is 15.9. The molecule has 424 valence electrons. The van der Waals surface area contributed by atoms with Crippen molar-refractivity contribution in [2.45, 2.75) is 181 Å². The van der Waals surface area contributed by atoms with Crippen LogP contribution in [0, 0.1) is 23.7 Å². The Labute approximate surface area is 457 Å². The van der Waals surface area contributed by atoms with Crippen LogP contribution >= 0.6 is 11.3 Å². The van der Waals surface area contributed by atoms with E-state index in [2.05, 4.69) is 20.5 Å². The zero-order valence-electron chi connectivity index (χ0n) is 46.4. The molecule has 1 fully saturated rings. The summed E-state index contributed by atoms with van der Waals surface area (Å²) in [5.74, 6) is -5.48. The van der Waals surface area contributed by atoms with E-state index in [0.29, 0.717) is 55.5 Å². The zero-order chi connectivity index (χ0) is 56.9. The lowest BCUT2D eigenvalue weighted by atomic mass is 9.83. The van der Waals surface area contributed by atoms with Crippen LogP contribution < -0.4 is 16.4 Å². The van der Waals surface area contributed by atoms with Crippen molar-refractivity contribution in [3.8, 4) is 0 Å². The van der Waals surface area contributed by atoms with E-state index in [-0.39, 0.29) is 110 Å². The summed E-state index contributed by atoms with van der Waals surface area (Å²) < 4.78 is 5.84. The summed E-state index contributed by atoms with van der Waals surface area (Å²) in [4.78, 5) is 138. The normalized spacial score (nSPS) is 17.5. The number of esters is 1. The lowest BCUT2D eigenvalue weighted by molar-refractivity contribution is -0.150. The highest BCUT2D eigenvalue weighted by Crippen LogP contribution is 2.33. The van der Waals surface area contributed by atoms with Crippen molar-refractivity contribution in [2.75, 3.05) is 27.2 Å². The molecule has 1 aromatic carbocycles. The number of ketones is 2. The highest BCUT2D eigenvalue weighted by Gasteiger charge is 2.38. The number of likely N-dealkylation sites (tertiary alicyclic amines) is 1. The quantitative estimate of drug-likeness (QED) is 0.0340. The zero-order valence-corrected chi connectivity index (χ0v) is 47.2. The molecule has 20 heteroatoms. The van der Waals surface area contributed by atoms with E-state index in [0.717, 1.165) is 47.6 Å². The number of rotatable bonds is 34. The number of carboxylic acid groups (broad SMARTS) is 1. The maximum absolute atomic E-state index is 14.4. The first-order valence-electron chi connectivity index (χ1n) is 27.4. The number of likely N-dealkylation sites (N-methyl/N-ethyl adjacent to an activating group) is 1. The van der Waals surface area contributed by atoms with Crippen LogP contribution in [0.15, 0.2) is 41.8 Å². The Morgan fingerprint density at radius 2 is 1.56 bits per heavy atom. The van der Waals surface area contributed by atoms with Crippen molar-refractivity contribution in [3.05, 3.63) is 63.6 Å². The first kappa shape index (κ1) is 63.4. The largest absolute Gasteiger partial charge is 0.481 e. The van der Waals surface area contributed by atoms with Gasteiger partial charge in [-0.15, -0.1) is 11.3 Å². The number of ether oxygens (including phenoxy) is 1. The van der Waals surface area contributed by atoms with Gasteiger partial charge in [0.2, 0.25) is 17.7 Å². The predicted octanol–water partition coefficient (Wildman–Crippen LogP) is 6.31. The summed E-state index contributed by atoms with van der Waals surface area (Å²) in [5.41, 5.74) is 6.77. The van der Waals surface area contributed by atoms with Crippen LogP contribution in [0.4, 0.5) is 0 Å². The van der Waals surface area contributed by atoms with E-state index in [1.807, 2.05) is 34.7 Å². The van der Waals surface area contributed by atoms with Crippen LogP contribution in [0.2, 0.25) is 0 Å². The number of imide groups is 1. The molecule has 0 spiro atoms. The fourth-order valence-corrected chi connectivity index (χ4v) is 10.9. The van der Waals surface area contributed by atoms with Crippen molar-refractivity contribution < 1.29 is 57.8 Å². The Balaban J connectivity index is 1.43. The molecule has 3 heterocycles. The maximum atomic E-state index is 14.4. The highest BCUT2D eigenvalue weighted by atomic mass is 32.1. The Bertz CT molecular complexity index is 2390. The molecule has 5 N–H and O–H groups in total. The van der Waals surface area contributed by atoms with E-state index in [9.17, 15) is 53.1 Å². The summed E-state index contributed by atoms with van der Waals surface area (Å²) in [6.07, 6.45) is 8.78. The third kappa shape index (κ3) is 20.3. The van der Waals surface area contributed by atoms with Crippen molar-refractivity contribution in [3.63, 3.8) is 0 Å². The van der Waals surface area contributed by atoms with Crippen molar-refractivity contribution in [1.29, 1.82) is 0 Å². The smallest absolute Gasteiger partial charge is 0.306 e. The summed E-state index contributed by atoms with van der Waals surface area (Å²) in [6, 6.07) is 5.00. The van der Waals surface area contributed by atoms with E-state index >= 15 is 0 Å². The number of nitrogens with two attached hydrogens (primary N) is 1. The molecule has 8 atom stereocenters. The second-order valence-corrected chi connectivity index (χ2v) is 22.3. The van der Waals surface area contributed by atoms with Crippen molar-refractivity contribution in [1.82, 2.24) is 30.3 Å². The van der Waals surface area contributed by atoms with Gasteiger partial charge in [0.25, 0.3) is 17.7 Å². The van der Waals surface area contributed by atoms with Crippen LogP contribution in [0.5, 0.6) is 0 Å². The van der Waals surface area contributed by atoms with Gasteiger partial charge in [-0.3, -0.25) is 57.7 Å². The monoisotopic (exact) mass is 1090 g/mol. The topological polar surface area (TPSA) is 273 Å². The predicted molar refractivity (Wildman–Crippen MR) is 291 cm³/mol. The van der Waals surface area contributed by atoms with Gasteiger partial charge in [0.15, 0.2) is 17.7 Å². The molecule has 1 aromatic heterocycles. The van der Waals surface area contributed by atoms with Crippen LogP contribution in [-0.4, -0.2) is 135 Å². The standard InChI is InChI=1S/C57H83N7O12S/c1-9-36(4)42(32-48(67)45-18-14-16-27-62(45)7)56(73)63(8)46(35(2)3)33-49(76-38(6)65)55-61-44(34-77-55)54(72)59-41(29-37(5)57(74)75)30-39-21-23-40(24-22-39)31-47(66)43(17-12-13-19-50(58)68)60-51(69)20-11-10-15-28-64-52(70)25-26-53(64)71/h21-26,34-37,41-43,45-46,49H,9-20,27-33H2,1-8H3,(H2,58,68)(H,59,72)(H,60,69)(H,74,75)/t36-,37?,41+,42-,43-,45+,46+,49+/m0/s1. The van der Waals surface area contributed by atoms with Gasteiger partial charge in [-0.1, -0.05) is 84.6 Å². The van der Waals surface area contributed by atoms with Crippen LogP contribution in [0.1, 0.15) is 171 Å². The lowest BCUT2D eigenvalue weighted by Crippen LogP contribution is -2.48. The molecule has 4 rings (SSSR count). The number of aromatic nitrogens is 1. The molecule has 77 heavy (non-hydrogen) atoms. The number of hydrogen-bond donors (Lipinski definition) is 4. The minimum atomic E-state index is -1.04. The molecule has 2 aliphatic rings. The fourth-order valence-electron chi connectivity index (χ4n) is 10.1. The van der Waals surface area contributed by atoms with Gasteiger partial charge in [-0.2, -0.15) is 0 Å². The number of Topliss-reactive ketones (excluding diaryl/α,β-unsaturated/α-hetero) is 2. The number of nitrogens with zero attached hydrogens (tertiary/aromatic N) is 4. The van der Waals surface area contributed by atoms with E-state index in [1.165, 1.54) is 19.1 Å². The molecule has 1 unspecified atom stereocenters. The van der Waals surface area contributed by atoms with Crippen molar-refractivity contribution >= 4 is 70.3 Å². The SMILES string of the molecule is CC[C@H](C)[C@H](CC(=O)[C@H]1CCCCN1C)C(=O)N(C)[C@H](C[C@@H](OC(C)=O)c1nc(C(=O)N[C@@H](Cc2ccc(CC(=O)[C@H](CCCCC(N)=O)NC(=O)CCCCCN3C(=O)C=CC3=O)cc2)CC(C)C(=O)O)cs1)C(C)C. The lowest BCUT2D eigenvalue weighted by Gasteiger charge is -2.37. The average Bonchev–Trinajstić information content (AvgIpc) is 4.00. The number of primary amides is 1. The molecule has 0 saturated carbocycles. The van der Waals surface area contributed by atoms with E-state index < -0.39 is 59.8 Å². The van der Waals surface area contributed by atoms with Gasteiger partial charge in [0.05, 0.1) is 18.0 Å². The van der Waals surface area contributed by atoms with Gasteiger partial charge in [0.1, 0.15) is 10.7 Å². The number of hydrogen-bond acceptors (Lipinski definition) is 14. The Kier molecular flexibility index (Phi) is 25.8. The molecule has 0 radical (unpaired) electrons. The number of carbonyl (C=O) groups excluding carboxylic acids is 9. The van der Waals surface area contributed by atoms with Gasteiger partial charge >= 0.3 is 11.9 Å². The fraction of sp³-hybridized carbons (Fsp3) is 0.632. The minimum absolute atomic E-state index is 0.00777. The van der Waals surface area contributed by atoms with Crippen LogP contribution in [0.3, 0.4) is 0 Å². The summed E-state index contributed by atoms with van der Waals surface area (Å²) in [7, 11) is 3.69. The molecule has 6 amide bonds. The first-order valence-corrected chi connectivity index (χ1v) is 28.2. The molecule has 1 saturated heterocycles. The number of unbranched alkanes of at least 4 members (excludes halogenated alkanes) is 3. The molecular formula is C57H83N7O12S. The van der Waals surface area contributed by atoms with Gasteiger partial charge < -0.3 is 31.1 Å². The van der Waals surface area contributed by atoms with E-state index in [1.54, 1.807) is 48.5 Å². The number of amides is 6. The van der Waals surface area contributed by atoms with Gasteiger partial charge in [0, 0.05) is 88.2 Å². The van der Waals surface area contributed by atoms with Crippen LogP contribution in [-0.2, 0) is 60.7 Å². The molecular weight excluding hydrogens is 1010 g/mol. The first-order chi connectivity index (χ1) is 36.5. The molecule has 19 nitrogen and oxygen atoms in total. The minimum Gasteiger partial charge on any atom is -0.481 e. The van der Waals surface area contributed by atoms with Crippen LogP contribution in [0.25, 0.3) is 0 Å². The summed E-state index contributed by atoms with van der Waals surface area (Å²) >= 11 is 1.13. The number of carboxylic acids is 1. The number of carbonyl (C=O) groups is 10. The summed E-state index contributed by atoms with van der Waals surface area (Å²) in [6.45, 7) is 11.9. The average molecular weight is 1090 g/mol. The molecule has 2 aliphatic heterocycles. The number of nitrogens with one attached hydrogen (secondary N) is 2. The Morgan fingerprint density at radius 3 is 2.17 bits per heavy atom.